The Morgan fingerprint density at radius 1 is 1.22 bits per heavy atom. The first kappa shape index (κ1) is 18.0. The molecule has 4 rings (SSSR count). The fourth-order valence-corrected chi connectivity index (χ4v) is 4.77. The Balaban J connectivity index is 1.43. The van der Waals surface area contributed by atoms with Crippen LogP contribution in [-0.2, 0) is 22.4 Å². The molecule has 3 atom stereocenters. The van der Waals surface area contributed by atoms with Gasteiger partial charge in [0.25, 0.3) is 5.91 Å². The average molecular weight is 369 g/mol. The molecule has 0 bridgehead atoms. The standard InChI is InChI=1S/C21H27N3O3/c1-14-6-2-5-9-17(14)22-18(25)13-24-19(26)21(23-20(24)27)11-10-15-7-3-4-8-16(15)12-21/h3-4,7-8,14,17H,2,5-6,9-13H2,1H3,(H,22,25)(H,23,27)/t14-,17+,21-/m0/s1. The highest BCUT2D eigenvalue weighted by molar-refractivity contribution is 6.09. The number of rotatable bonds is 3. The largest absolute Gasteiger partial charge is 0.352 e. The molecule has 1 aromatic carbocycles. The van der Waals surface area contributed by atoms with E-state index in [9.17, 15) is 14.4 Å². The van der Waals surface area contributed by atoms with Crippen molar-refractivity contribution in [2.24, 2.45) is 5.92 Å². The highest BCUT2D eigenvalue weighted by Gasteiger charge is 2.52. The number of carbonyl (C=O) groups excluding carboxylic acids is 3. The van der Waals surface area contributed by atoms with E-state index in [1.165, 1.54) is 12.0 Å². The molecule has 1 saturated carbocycles. The predicted octanol–water partition coefficient (Wildman–Crippen LogP) is 2.16. The zero-order valence-electron chi connectivity index (χ0n) is 15.8. The molecule has 1 aromatic rings. The lowest BCUT2D eigenvalue weighted by molar-refractivity contribution is -0.135. The summed E-state index contributed by atoms with van der Waals surface area (Å²) in [6.45, 7) is 1.95. The minimum Gasteiger partial charge on any atom is -0.352 e. The molecule has 2 aliphatic carbocycles. The second-order valence-electron chi connectivity index (χ2n) is 8.28. The first-order valence-electron chi connectivity index (χ1n) is 9.99. The van der Waals surface area contributed by atoms with Crippen LogP contribution in [0.2, 0.25) is 0 Å². The van der Waals surface area contributed by atoms with Crippen molar-refractivity contribution in [3.05, 3.63) is 35.4 Å². The summed E-state index contributed by atoms with van der Waals surface area (Å²) in [5, 5.41) is 5.92. The fraction of sp³-hybridized carbons (Fsp3) is 0.571. The minimum absolute atomic E-state index is 0.141. The molecule has 1 heterocycles. The lowest BCUT2D eigenvalue weighted by Gasteiger charge is -2.32. The van der Waals surface area contributed by atoms with Crippen LogP contribution >= 0.6 is 0 Å². The van der Waals surface area contributed by atoms with Gasteiger partial charge in [0.05, 0.1) is 0 Å². The van der Waals surface area contributed by atoms with Crippen LogP contribution in [-0.4, -0.2) is 40.9 Å². The molecule has 2 N–H and O–H groups in total. The van der Waals surface area contributed by atoms with Crippen molar-refractivity contribution in [2.75, 3.05) is 6.54 Å². The molecule has 1 spiro atoms. The summed E-state index contributed by atoms with van der Waals surface area (Å²) in [6, 6.07) is 7.72. The van der Waals surface area contributed by atoms with Crippen LogP contribution in [0.5, 0.6) is 0 Å². The maximum atomic E-state index is 13.1. The normalized spacial score (nSPS) is 30.2. The zero-order chi connectivity index (χ0) is 19.0. The molecule has 6 nitrogen and oxygen atoms in total. The molecule has 144 valence electrons. The van der Waals surface area contributed by atoms with E-state index in [2.05, 4.69) is 23.6 Å². The number of carbonyl (C=O) groups is 3. The van der Waals surface area contributed by atoms with Crippen LogP contribution in [0.3, 0.4) is 0 Å². The lowest BCUT2D eigenvalue weighted by atomic mass is 9.78. The van der Waals surface area contributed by atoms with E-state index >= 15 is 0 Å². The lowest BCUT2D eigenvalue weighted by Crippen LogP contribution is -2.52. The molecule has 0 aromatic heterocycles. The van der Waals surface area contributed by atoms with E-state index in [0.717, 1.165) is 36.1 Å². The van der Waals surface area contributed by atoms with Crippen molar-refractivity contribution in [3.63, 3.8) is 0 Å². The van der Waals surface area contributed by atoms with Gasteiger partial charge in [-0.3, -0.25) is 14.5 Å². The Morgan fingerprint density at radius 3 is 2.74 bits per heavy atom. The summed E-state index contributed by atoms with van der Waals surface area (Å²) in [6.07, 6.45) is 6.20. The van der Waals surface area contributed by atoms with E-state index < -0.39 is 11.6 Å². The second-order valence-corrected chi connectivity index (χ2v) is 8.28. The third-order valence-corrected chi connectivity index (χ3v) is 6.44. The van der Waals surface area contributed by atoms with Crippen molar-refractivity contribution in [2.45, 2.75) is 63.5 Å². The fourth-order valence-electron chi connectivity index (χ4n) is 4.77. The van der Waals surface area contributed by atoms with Gasteiger partial charge in [-0.25, -0.2) is 4.79 Å². The van der Waals surface area contributed by atoms with Gasteiger partial charge in [-0.2, -0.15) is 0 Å². The molecule has 3 aliphatic rings. The number of nitrogens with one attached hydrogen (secondary N) is 2. The maximum Gasteiger partial charge on any atom is 0.325 e. The summed E-state index contributed by atoms with van der Waals surface area (Å²) < 4.78 is 0. The van der Waals surface area contributed by atoms with Crippen LogP contribution in [0.1, 0.15) is 50.2 Å². The van der Waals surface area contributed by atoms with E-state index in [0.29, 0.717) is 18.8 Å². The molecular formula is C21H27N3O3. The van der Waals surface area contributed by atoms with Crippen molar-refractivity contribution in [1.82, 2.24) is 15.5 Å². The number of hydrogen-bond donors (Lipinski definition) is 2. The third kappa shape index (κ3) is 3.33. The monoisotopic (exact) mass is 369 g/mol. The highest BCUT2D eigenvalue weighted by Crippen LogP contribution is 2.33. The first-order valence-corrected chi connectivity index (χ1v) is 9.99. The van der Waals surface area contributed by atoms with Gasteiger partial charge in [0, 0.05) is 12.5 Å². The van der Waals surface area contributed by atoms with Crippen LogP contribution in [0.15, 0.2) is 24.3 Å². The van der Waals surface area contributed by atoms with Gasteiger partial charge >= 0.3 is 6.03 Å². The Morgan fingerprint density at radius 2 is 1.96 bits per heavy atom. The quantitative estimate of drug-likeness (QED) is 0.802. The Kier molecular flexibility index (Phi) is 4.66. The highest BCUT2D eigenvalue weighted by atomic mass is 16.2. The predicted molar refractivity (Wildman–Crippen MR) is 101 cm³/mol. The van der Waals surface area contributed by atoms with Crippen molar-refractivity contribution in [3.8, 4) is 0 Å². The average Bonchev–Trinajstić information content (AvgIpc) is 2.87. The molecular weight excluding hydrogens is 342 g/mol. The van der Waals surface area contributed by atoms with Gasteiger partial charge in [0.2, 0.25) is 5.91 Å². The maximum absolute atomic E-state index is 13.1. The number of amides is 4. The van der Waals surface area contributed by atoms with Crippen LogP contribution < -0.4 is 10.6 Å². The van der Waals surface area contributed by atoms with Gasteiger partial charge in [-0.1, -0.05) is 44.0 Å². The number of fused-ring (bicyclic) bond motifs is 1. The van der Waals surface area contributed by atoms with Gasteiger partial charge in [0.15, 0.2) is 0 Å². The van der Waals surface area contributed by atoms with Crippen LogP contribution in [0.25, 0.3) is 0 Å². The van der Waals surface area contributed by atoms with Crippen LogP contribution in [0.4, 0.5) is 4.79 Å². The molecule has 4 amide bonds. The van der Waals surface area contributed by atoms with Crippen molar-refractivity contribution >= 4 is 17.8 Å². The summed E-state index contributed by atoms with van der Waals surface area (Å²) in [5.74, 6) is -0.0775. The Hall–Kier alpha value is -2.37. The number of hydrogen-bond acceptors (Lipinski definition) is 3. The van der Waals surface area contributed by atoms with E-state index in [1.807, 2.05) is 18.2 Å². The molecule has 27 heavy (non-hydrogen) atoms. The Bertz CT molecular complexity index is 778. The van der Waals surface area contributed by atoms with Crippen LogP contribution in [0, 0.1) is 5.92 Å². The Labute approximate surface area is 159 Å². The summed E-state index contributed by atoms with van der Waals surface area (Å²) >= 11 is 0. The van der Waals surface area contributed by atoms with E-state index in [4.69, 9.17) is 0 Å². The minimum atomic E-state index is -0.899. The van der Waals surface area contributed by atoms with Gasteiger partial charge in [-0.15, -0.1) is 0 Å². The molecule has 0 radical (unpaired) electrons. The third-order valence-electron chi connectivity index (χ3n) is 6.44. The zero-order valence-corrected chi connectivity index (χ0v) is 15.8. The van der Waals surface area contributed by atoms with Crippen molar-refractivity contribution in [1.29, 1.82) is 0 Å². The smallest absolute Gasteiger partial charge is 0.325 e. The molecule has 6 heteroatoms. The van der Waals surface area contributed by atoms with Crippen molar-refractivity contribution < 1.29 is 14.4 Å². The second kappa shape index (κ2) is 6.98. The van der Waals surface area contributed by atoms with E-state index in [1.54, 1.807) is 0 Å². The topological polar surface area (TPSA) is 78.5 Å². The SMILES string of the molecule is C[C@H]1CCCC[C@H]1NC(=O)CN1C(=O)N[C@]2(CCc3ccccc3C2)C1=O. The number of imide groups is 1. The molecule has 1 saturated heterocycles. The number of aryl methyl sites for hydroxylation is 1. The molecule has 0 unspecified atom stereocenters. The van der Waals surface area contributed by atoms with Gasteiger partial charge in [0.1, 0.15) is 12.1 Å². The van der Waals surface area contributed by atoms with Gasteiger partial charge in [-0.05, 0) is 42.7 Å². The molecule has 2 fully saturated rings. The van der Waals surface area contributed by atoms with E-state index in [-0.39, 0.29) is 24.4 Å². The summed E-state index contributed by atoms with van der Waals surface area (Å²) in [5.41, 5.74) is 1.43. The number of nitrogens with zero attached hydrogens (tertiary/aromatic N) is 1. The first-order chi connectivity index (χ1) is 13.0. The summed E-state index contributed by atoms with van der Waals surface area (Å²) in [7, 11) is 0. The number of urea groups is 1. The molecule has 1 aliphatic heterocycles. The summed E-state index contributed by atoms with van der Waals surface area (Å²) in [4.78, 5) is 39.1. The number of benzene rings is 1. The van der Waals surface area contributed by atoms with Gasteiger partial charge < -0.3 is 10.6 Å².